The number of carbonyl (C=O) groups excluding carboxylic acids is 3. The molecule has 6 atom stereocenters. The van der Waals surface area contributed by atoms with Gasteiger partial charge >= 0.3 is 18.3 Å². The Morgan fingerprint density at radius 1 is 0.474 bits per heavy atom. The molecule has 3 aliphatic rings. The molecule has 0 radical (unpaired) electrons. The van der Waals surface area contributed by atoms with Gasteiger partial charge in [-0.05, 0) is 93.7 Å². The Morgan fingerprint density at radius 2 is 0.719 bits per heavy atom. The van der Waals surface area contributed by atoms with Gasteiger partial charge in [-0.1, -0.05) is 150 Å². The molecular formula is C48H69N3O6. The normalized spacial score (nSPS) is 26.7. The summed E-state index contributed by atoms with van der Waals surface area (Å²) in [6.45, 7) is 14.1. The Bertz CT molecular complexity index is 1450. The zero-order chi connectivity index (χ0) is 41.2. The maximum atomic E-state index is 11.9. The zero-order valence-electron chi connectivity index (χ0n) is 35.4. The highest BCUT2D eigenvalue weighted by molar-refractivity contribution is 5.69. The molecule has 6 rings (SSSR count). The SMILES string of the molecule is C[C@@H]1CCC[C@](C)(NC(=O)OCc2ccccc2)C1.C[C@@H]1CCC[C@](C)(NC(=O)OCc2ccccc2)C1.C[C@H]1CCC[C@@](C)(NC(=O)OCc2ccccc2)C1. The Labute approximate surface area is 342 Å². The number of benzene rings is 3. The van der Waals surface area contributed by atoms with Crippen LogP contribution < -0.4 is 16.0 Å². The van der Waals surface area contributed by atoms with Crippen LogP contribution in [0.3, 0.4) is 0 Å². The Hall–Kier alpha value is -4.53. The first-order chi connectivity index (χ1) is 27.2. The molecule has 312 valence electrons. The smallest absolute Gasteiger partial charge is 0.407 e. The molecule has 3 fully saturated rings. The van der Waals surface area contributed by atoms with Gasteiger partial charge < -0.3 is 30.2 Å². The summed E-state index contributed by atoms with van der Waals surface area (Å²) in [6.07, 6.45) is 12.6. The van der Waals surface area contributed by atoms with E-state index in [-0.39, 0.29) is 34.9 Å². The Balaban J connectivity index is 0.000000189. The quantitative estimate of drug-likeness (QED) is 0.186. The van der Waals surface area contributed by atoms with E-state index in [1.807, 2.05) is 91.0 Å². The lowest BCUT2D eigenvalue weighted by molar-refractivity contribution is 0.114. The van der Waals surface area contributed by atoms with Crippen molar-refractivity contribution < 1.29 is 28.6 Å². The minimum Gasteiger partial charge on any atom is -0.445 e. The van der Waals surface area contributed by atoms with Crippen molar-refractivity contribution in [3.8, 4) is 0 Å². The molecule has 0 spiro atoms. The third-order valence-electron chi connectivity index (χ3n) is 11.5. The van der Waals surface area contributed by atoms with Crippen LogP contribution in [0.2, 0.25) is 0 Å². The molecular weight excluding hydrogens is 715 g/mol. The van der Waals surface area contributed by atoms with Gasteiger partial charge in [0.2, 0.25) is 0 Å². The van der Waals surface area contributed by atoms with E-state index >= 15 is 0 Å². The topological polar surface area (TPSA) is 115 Å². The minimum atomic E-state index is -0.305. The van der Waals surface area contributed by atoms with Crippen LogP contribution in [0.15, 0.2) is 91.0 Å². The number of rotatable bonds is 9. The lowest BCUT2D eigenvalue weighted by atomic mass is 9.78. The molecule has 0 unspecified atom stereocenters. The van der Waals surface area contributed by atoms with Gasteiger partial charge in [0.15, 0.2) is 0 Å². The fraction of sp³-hybridized carbons (Fsp3) is 0.562. The maximum Gasteiger partial charge on any atom is 0.407 e. The summed E-state index contributed by atoms with van der Waals surface area (Å²) in [7, 11) is 0. The molecule has 3 amide bonds. The van der Waals surface area contributed by atoms with Crippen molar-refractivity contribution in [2.45, 2.75) is 155 Å². The number of amides is 3. The fourth-order valence-electron chi connectivity index (χ4n) is 8.80. The molecule has 3 aromatic carbocycles. The van der Waals surface area contributed by atoms with Crippen molar-refractivity contribution >= 4 is 18.3 Å². The first kappa shape index (κ1) is 45.2. The van der Waals surface area contributed by atoms with E-state index in [1.54, 1.807) is 0 Å². The predicted octanol–water partition coefficient (Wildman–Crippen LogP) is 11.6. The van der Waals surface area contributed by atoms with Gasteiger partial charge in [0.1, 0.15) is 19.8 Å². The van der Waals surface area contributed by atoms with E-state index in [0.29, 0.717) is 37.6 Å². The van der Waals surface area contributed by atoms with E-state index in [0.717, 1.165) is 55.2 Å². The predicted molar refractivity (Wildman–Crippen MR) is 227 cm³/mol. The second-order valence-corrected chi connectivity index (χ2v) is 17.8. The van der Waals surface area contributed by atoms with Crippen molar-refractivity contribution in [2.75, 3.05) is 0 Å². The second-order valence-electron chi connectivity index (χ2n) is 17.8. The summed E-state index contributed by atoms with van der Waals surface area (Å²) in [5.41, 5.74) is 2.72. The summed E-state index contributed by atoms with van der Waals surface area (Å²) in [4.78, 5) is 35.6. The van der Waals surface area contributed by atoms with Crippen LogP contribution in [0, 0.1) is 17.8 Å². The molecule has 3 aromatic rings. The summed E-state index contributed by atoms with van der Waals surface area (Å²) < 4.78 is 15.8. The summed E-state index contributed by atoms with van der Waals surface area (Å²) in [6, 6.07) is 29.3. The number of hydrogen-bond donors (Lipinski definition) is 3. The zero-order valence-corrected chi connectivity index (χ0v) is 35.4. The van der Waals surface area contributed by atoms with Crippen molar-refractivity contribution in [1.29, 1.82) is 0 Å². The average Bonchev–Trinajstić information content (AvgIpc) is 3.16. The van der Waals surface area contributed by atoms with Gasteiger partial charge in [0.05, 0.1) is 0 Å². The monoisotopic (exact) mass is 784 g/mol. The van der Waals surface area contributed by atoms with E-state index < -0.39 is 0 Å². The van der Waals surface area contributed by atoms with E-state index in [9.17, 15) is 14.4 Å². The molecule has 0 heterocycles. The lowest BCUT2D eigenvalue weighted by Gasteiger charge is -2.37. The maximum absolute atomic E-state index is 11.9. The number of carbonyl (C=O) groups is 3. The van der Waals surface area contributed by atoms with Crippen LogP contribution >= 0.6 is 0 Å². The van der Waals surface area contributed by atoms with Gasteiger partial charge in [-0.15, -0.1) is 0 Å². The number of hydrogen-bond acceptors (Lipinski definition) is 6. The minimum absolute atomic E-state index is 0.106. The molecule has 0 saturated heterocycles. The standard InChI is InChI=1S/3C16H23NO2/c3*1-13-7-6-10-16(2,11-13)17-15(18)19-12-14-8-4-3-5-9-14/h3*3-5,8-9,13H,6-7,10-12H2,1-2H3,(H,17,18)/t3*13-,16+/m110/s1. The lowest BCUT2D eigenvalue weighted by Crippen LogP contribution is -2.48. The molecule has 9 nitrogen and oxygen atoms in total. The first-order valence-corrected chi connectivity index (χ1v) is 21.2. The van der Waals surface area contributed by atoms with Gasteiger partial charge in [-0.3, -0.25) is 0 Å². The number of alkyl carbamates (subject to hydrolysis) is 3. The Morgan fingerprint density at radius 3 is 0.947 bits per heavy atom. The molecule has 9 heteroatoms. The molecule has 57 heavy (non-hydrogen) atoms. The van der Waals surface area contributed by atoms with E-state index in [4.69, 9.17) is 14.2 Å². The van der Waals surface area contributed by atoms with Gasteiger partial charge in [0, 0.05) is 16.6 Å². The van der Waals surface area contributed by atoms with Crippen molar-refractivity contribution in [3.63, 3.8) is 0 Å². The largest absolute Gasteiger partial charge is 0.445 e. The van der Waals surface area contributed by atoms with E-state index in [1.165, 1.54) is 38.5 Å². The van der Waals surface area contributed by atoms with Crippen molar-refractivity contribution in [1.82, 2.24) is 16.0 Å². The highest BCUT2D eigenvalue weighted by Crippen LogP contribution is 2.34. The van der Waals surface area contributed by atoms with Crippen molar-refractivity contribution in [3.05, 3.63) is 108 Å². The van der Waals surface area contributed by atoms with Gasteiger partial charge in [-0.2, -0.15) is 0 Å². The fourth-order valence-corrected chi connectivity index (χ4v) is 8.80. The molecule has 3 N–H and O–H groups in total. The molecule has 0 bridgehead atoms. The number of nitrogens with one attached hydrogen (secondary N) is 3. The van der Waals surface area contributed by atoms with E-state index in [2.05, 4.69) is 57.5 Å². The van der Waals surface area contributed by atoms with Crippen LogP contribution in [0.1, 0.15) is 135 Å². The van der Waals surface area contributed by atoms with Gasteiger partial charge in [-0.25, -0.2) is 14.4 Å². The third-order valence-corrected chi connectivity index (χ3v) is 11.5. The summed E-state index contributed by atoms with van der Waals surface area (Å²) >= 11 is 0. The second kappa shape index (κ2) is 22.4. The van der Waals surface area contributed by atoms with Crippen molar-refractivity contribution in [2.24, 2.45) is 17.8 Å². The van der Waals surface area contributed by atoms with Gasteiger partial charge in [0.25, 0.3) is 0 Å². The van der Waals surface area contributed by atoms with Crippen LogP contribution in [-0.4, -0.2) is 34.9 Å². The number of ether oxygens (including phenoxy) is 3. The first-order valence-electron chi connectivity index (χ1n) is 21.2. The molecule has 0 aliphatic heterocycles. The highest BCUT2D eigenvalue weighted by atomic mass is 16.6. The van der Waals surface area contributed by atoms with Crippen LogP contribution in [0.4, 0.5) is 14.4 Å². The molecule has 0 aromatic heterocycles. The molecule has 3 saturated carbocycles. The van der Waals surface area contributed by atoms with Crippen LogP contribution in [-0.2, 0) is 34.0 Å². The summed E-state index contributed by atoms with van der Waals surface area (Å²) in [5.74, 6) is 2.02. The van der Waals surface area contributed by atoms with Crippen LogP contribution in [0.25, 0.3) is 0 Å². The highest BCUT2D eigenvalue weighted by Gasteiger charge is 2.34. The third kappa shape index (κ3) is 17.2. The average molecular weight is 784 g/mol. The summed E-state index contributed by atoms with van der Waals surface area (Å²) in [5, 5.41) is 9.10. The van der Waals surface area contributed by atoms with Crippen LogP contribution in [0.5, 0.6) is 0 Å². The Kier molecular flexibility index (Phi) is 17.8. The molecule has 3 aliphatic carbocycles.